The van der Waals surface area contributed by atoms with E-state index in [4.69, 9.17) is 0 Å². The Kier molecular flexibility index (Phi) is 4.25. The number of amides is 1. The van der Waals surface area contributed by atoms with Gasteiger partial charge in [0.1, 0.15) is 0 Å². The number of rotatable bonds is 5. The lowest BCUT2D eigenvalue weighted by Gasteiger charge is -2.37. The van der Waals surface area contributed by atoms with E-state index in [1.54, 1.807) is 48.3 Å². The zero-order chi connectivity index (χ0) is 16.4. The first-order chi connectivity index (χ1) is 11.0. The van der Waals surface area contributed by atoms with Crippen LogP contribution in [-0.2, 0) is 11.8 Å². The van der Waals surface area contributed by atoms with Crippen LogP contribution in [-0.4, -0.2) is 32.7 Å². The van der Waals surface area contributed by atoms with Gasteiger partial charge in [0.25, 0.3) is 5.91 Å². The van der Waals surface area contributed by atoms with Gasteiger partial charge in [-0.1, -0.05) is 30.3 Å². The Morgan fingerprint density at radius 2 is 2.00 bits per heavy atom. The van der Waals surface area contributed by atoms with E-state index in [-0.39, 0.29) is 18.1 Å². The number of ketones is 1. The summed E-state index contributed by atoms with van der Waals surface area (Å²) in [5, 5.41) is 16.5. The molecule has 0 bridgehead atoms. The van der Waals surface area contributed by atoms with Gasteiger partial charge >= 0.3 is 0 Å². The number of benzene rings is 1. The predicted molar refractivity (Wildman–Crippen MR) is 83.6 cm³/mol. The molecule has 0 radical (unpaired) electrons. The van der Waals surface area contributed by atoms with Gasteiger partial charge in [0.2, 0.25) is 5.78 Å². The molecule has 1 saturated carbocycles. The highest BCUT2D eigenvalue weighted by atomic mass is 16.3. The van der Waals surface area contributed by atoms with Gasteiger partial charge in [0, 0.05) is 24.4 Å². The van der Waals surface area contributed by atoms with E-state index in [0.717, 1.165) is 5.56 Å². The molecule has 1 aromatic heterocycles. The summed E-state index contributed by atoms with van der Waals surface area (Å²) in [5.41, 5.74) is 1.21. The molecule has 1 fully saturated rings. The SMILES string of the molecule is Cn1cc([C@H](NC(=O)C(=O)c2ccccc2)C2CC(O)C2)cn1. The van der Waals surface area contributed by atoms with E-state index < -0.39 is 11.7 Å². The smallest absolute Gasteiger partial charge is 0.292 e. The van der Waals surface area contributed by atoms with Crippen molar-refractivity contribution >= 4 is 11.7 Å². The van der Waals surface area contributed by atoms with Crippen LogP contribution in [0.4, 0.5) is 0 Å². The molecule has 6 heteroatoms. The van der Waals surface area contributed by atoms with Crippen LogP contribution in [0.1, 0.15) is 34.8 Å². The van der Waals surface area contributed by atoms with Crippen molar-refractivity contribution in [2.24, 2.45) is 13.0 Å². The quantitative estimate of drug-likeness (QED) is 0.642. The molecule has 6 nitrogen and oxygen atoms in total. The standard InChI is InChI=1S/C17H19N3O3/c1-20-10-13(9-18-20)15(12-7-14(21)8-12)19-17(23)16(22)11-5-3-2-4-6-11/h2-6,9-10,12,14-15,21H,7-8H2,1H3,(H,19,23)/t12?,14?,15-/m1/s1. The molecule has 2 N–H and O–H groups in total. The topological polar surface area (TPSA) is 84.2 Å². The molecular weight excluding hydrogens is 294 g/mol. The Hall–Kier alpha value is -2.47. The number of hydrogen-bond donors (Lipinski definition) is 2. The highest BCUT2D eigenvalue weighted by Gasteiger charge is 2.37. The molecule has 1 heterocycles. The maximum atomic E-state index is 12.3. The van der Waals surface area contributed by atoms with E-state index in [9.17, 15) is 14.7 Å². The van der Waals surface area contributed by atoms with Crippen LogP contribution in [0, 0.1) is 5.92 Å². The summed E-state index contributed by atoms with van der Waals surface area (Å²) in [6.07, 6.45) is 4.39. The van der Waals surface area contributed by atoms with Crippen molar-refractivity contribution in [3.63, 3.8) is 0 Å². The maximum absolute atomic E-state index is 12.3. The van der Waals surface area contributed by atoms with E-state index in [0.29, 0.717) is 18.4 Å². The van der Waals surface area contributed by atoms with Crippen molar-refractivity contribution in [3.8, 4) is 0 Å². The largest absolute Gasteiger partial charge is 0.393 e. The van der Waals surface area contributed by atoms with E-state index >= 15 is 0 Å². The third kappa shape index (κ3) is 3.32. The molecule has 120 valence electrons. The van der Waals surface area contributed by atoms with Gasteiger partial charge in [-0.25, -0.2) is 0 Å². The highest BCUT2D eigenvalue weighted by molar-refractivity contribution is 6.42. The molecule has 0 aliphatic heterocycles. The van der Waals surface area contributed by atoms with Gasteiger partial charge in [-0.15, -0.1) is 0 Å². The summed E-state index contributed by atoms with van der Waals surface area (Å²) >= 11 is 0. The second kappa shape index (κ2) is 6.34. The molecule has 1 aliphatic carbocycles. The lowest BCUT2D eigenvalue weighted by Crippen LogP contribution is -2.43. The Bertz CT molecular complexity index is 705. The molecular formula is C17H19N3O3. The second-order valence-electron chi connectivity index (χ2n) is 5.98. The average Bonchev–Trinajstić information content (AvgIpc) is 2.96. The molecule has 1 aliphatic rings. The van der Waals surface area contributed by atoms with Crippen LogP contribution < -0.4 is 5.32 Å². The van der Waals surface area contributed by atoms with E-state index in [1.165, 1.54) is 0 Å². The number of aliphatic hydroxyl groups is 1. The monoisotopic (exact) mass is 313 g/mol. The van der Waals surface area contributed by atoms with E-state index in [2.05, 4.69) is 10.4 Å². The molecule has 0 spiro atoms. The first-order valence-corrected chi connectivity index (χ1v) is 7.61. The molecule has 0 saturated heterocycles. The van der Waals surface area contributed by atoms with Crippen molar-refractivity contribution in [1.29, 1.82) is 0 Å². The number of carbonyl (C=O) groups excluding carboxylic acids is 2. The third-order valence-electron chi connectivity index (χ3n) is 4.23. The van der Waals surface area contributed by atoms with Gasteiger partial charge in [-0.05, 0) is 18.8 Å². The minimum absolute atomic E-state index is 0.113. The number of nitrogens with zero attached hydrogens (tertiary/aromatic N) is 2. The van der Waals surface area contributed by atoms with Crippen LogP contribution in [0.3, 0.4) is 0 Å². The normalized spacial score (nSPS) is 21.3. The molecule has 2 aromatic rings. The summed E-state index contributed by atoms with van der Waals surface area (Å²) in [7, 11) is 1.80. The predicted octanol–water partition coefficient (Wildman–Crippen LogP) is 1.23. The first kappa shape index (κ1) is 15.4. The summed E-state index contributed by atoms with van der Waals surface area (Å²) < 4.78 is 1.66. The van der Waals surface area contributed by atoms with Gasteiger partial charge in [0.05, 0.1) is 18.3 Å². The fourth-order valence-corrected chi connectivity index (χ4v) is 2.90. The van der Waals surface area contributed by atoms with Crippen molar-refractivity contribution in [3.05, 3.63) is 53.9 Å². The van der Waals surface area contributed by atoms with Crippen molar-refractivity contribution in [1.82, 2.24) is 15.1 Å². The summed E-state index contributed by atoms with van der Waals surface area (Å²) in [6, 6.07) is 8.17. The van der Waals surface area contributed by atoms with E-state index in [1.807, 2.05) is 6.20 Å². The maximum Gasteiger partial charge on any atom is 0.292 e. The summed E-state index contributed by atoms with van der Waals surface area (Å²) in [5.74, 6) is -1.08. The number of Topliss-reactive ketones (excluding diaryl/α,β-unsaturated/α-hetero) is 1. The Morgan fingerprint density at radius 1 is 1.30 bits per heavy atom. The number of aryl methyl sites for hydroxylation is 1. The van der Waals surface area contributed by atoms with Crippen LogP contribution in [0.2, 0.25) is 0 Å². The minimum atomic E-state index is -0.633. The molecule has 0 unspecified atom stereocenters. The summed E-state index contributed by atoms with van der Waals surface area (Å²) in [6.45, 7) is 0. The number of aliphatic hydroxyl groups excluding tert-OH is 1. The van der Waals surface area contributed by atoms with Crippen LogP contribution in [0.5, 0.6) is 0 Å². The number of hydrogen-bond acceptors (Lipinski definition) is 4. The fraction of sp³-hybridized carbons (Fsp3) is 0.353. The average molecular weight is 313 g/mol. The van der Waals surface area contributed by atoms with Gasteiger partial charge in [-0.2, -0.15) is 5.10 Å². The van der Waals surface area contributed by atoms with Crippen molar-refractivity contribution in [2.75, 3.05) is 0 Å². The lowest BCUT2D eigenvalue weighted by atomic mass is 9.75. The van der Waals surface area contributed by atoms with Crippen molar-refractivity contribution in [2.45, 2.75) is 25.0 Å². The second-order valence-corrected chi connectivity index (χ2v) is 5.98. The number of aromatic nitrogens is 2. The zero-order valence-electron chi connectivity index (χ0n) is 12.8. The minimum Gasteiger partial charge on any atom is -0.393 e. The lowest BCUT2D eigenvalue weighted by molar-refractivity contribution is -0.118. The molecule has 23 heavy (non-hydrogen) atoms. The Morgan fingerprint density at radius 3 is 2.57 bits per heavy atom. The fourth-order valence-electron chi connectivity index (χ4n) is 2.90. The Balaban J connectivity index is 1.76. The van der Waals surface area contributed by atoms with Crippen molar-refractivity contribution < 1.29 is 14.7 Å². The van der Waals surface area contributed by atoms with Gasteiger partial charge in [-0.3, -0.25) is 14.3 Å². The number of carbonyl (C=O) groups is 2. The van der Waals surface area contributed by atoms with Crippen LogP contribution in [0.15, 0.2) is 42.7 Å². The van der Waals surface area contributed by atoms with Crippen LogP contribution in [0.25, 0.3) is 0 Å². The zero-order valence-corrected chi connectivity index (χ0v) is 12.8. The highest BCUT2D eigenvalue weighted by Crippen LogP contribution is 2.37. The van der Waals surface area contributed by atoms with Crippen LogP contribution >= 0.6 is 0 Å². The Labute approximate surface area is 134 Å². The summed E-state index contributed by atoms with van der Waals surface area (Å²) in [4.78, 5) is 24.5. The first-order valence-electron chi connectivity index (χ1n) is 7.61. The third-order valence-corrected chi connectivity index (χ3v) is 4.23. The molecule has 3 rings (SSSR count). The van der Waals surface area contributed by atoms with Gasteiger partial charge < -0.3 is 10.4 Å². The van der Waals surface area contributed by atoms with Gasteiger partial charge in [0.15, 0.2) is 0 Å². The molecule has 1 aromatic carbocycles. The number of nitrogens with one attached hydrogen (secondary N) is 1. The molecule has 1 amide bonds. The molecule has 1 atom stereocenters.